The van der Waals surface area contributed by atoms with Crippen molar-refractivity contribution in [3.05, 3.63) is 11.7 Å². The van der Waals surface area contributed by atoms with Crippen molar-refractivity contribution in [1.29, 1.82) is 0 Å². The minimum absolute atomic E-state index is 0.141. The van der Waals surface area contributed by atoms with Crippen molar-refractivity contribution in [3.8, 4) is 0 Å². The van der Waals surface area contributed by atoms with E-state index in [1.807, 2.05) is 20.9 Å². The van der Waals surface area contributed by atoms with E-state index < -0.39 is 0 Å². The van der Waals surface area contributed by atoms with Gasteiger partial charge in [0.25, 0.3) is 0 Å². The summed E-state index contributed by atoms with van der Waals surface area (Å²) in [4.78, 5) is 4.16. The first kappa shape index (κ1) is 8.20. The van der Waals surface area contributed by atoms with E-state index >= 15 is 0 Å². The first-order valence-electron chi connectivity index (χ1n) is 3.77. The Bertz CT molecular complexity index is 221. The molecule has 0 radical (unpaired) electrons. The summed E-state index contributed by atoms with van der Waals surface area (Å²) >= 11 is 0. The van der Waals surface area contributed by atoms with Gasteiger partial charge in [-0.15, -0.1) is 0 Å². The van der Waals surface area contributed by atoms with Crippen molar-refractivity contribution in [2.75, 3.05) is 7.05 Å². The predicted octanol–water partition coefficient (Wildman–Crippen LogP) is 0.912. The van der Waals surface area contributed by atoms with E-state index in [9.17, 15) is 0 Å². The molecule has 0 amide bonds. The number of nitrogens with zero attached hydrogens (tertiary/aromatic N) is 2. The van der Waals surface area contributed by atoms with Gasteiger partial charge in [-0.3, -0.25) is 0 Å². The number of hydrogen-bond acceptors (Lipinski definition) is 4. The van der Waals surface area contributed by atoms with Gasteiger partial charge in [-0.1, -0.05) is 12.1 Å². The Morgan fingerprint density at radius 3 is 2.82 bits per heavy atom. The third-order valence-electron chi connectivity index (χ3n) is 1.60. The molecular weight excluding hydrogens is 142 g/mol. The minimum Gasteiger partial charge on any atom is -0.338 e. The molecule has 0 saturated heterocycles. The zero-order chi connectivity index (χ0) is 8.27. The number of nitrogens with one attached hydrogen (secondary N) is 1. The number of rotatable bonds is 3. The molecule has 62 valence electrons. The average Bonchev–Trinajstić information content (AvgIpc) is 2.50. The van der Waals surface area contributed by atoms with Gasteiger partial charge in [-0.05, 0) is 14.0 Å². The first-order chi connectivity index (χ1) is 5.27. The molecule has 0 unspecified atom stereocenters. The number of aromatic nitrogens is 2. The lowest BCUT2D eigenvalue weighted by Gasteiger charge is -2.01. The zero-order valence-electron chi connectivity index (χ0n) is 7.09. The SMILES string of the molecule is CCc1noc([C@H](C)NC)n1. The number of hydrogen-bond donors (Lipinski definition) is 1. The molecule has 1 atom stereocenters. The molecule has 4 heteroatoms. The van der Waals surface area contributed by atoms with Crippen LogP contribution in [0.2, 0.25) is 0 Å². The van der Waals surface area contributed by atoms with Gasteiger partial charge in [0.05, 0.1) is 6.04 Å². The molecule has 0 fully saturated rings. The van der Waals surface area contributed by atoms with Gasteiger partial charge in [0, 0.05) is 6.42 Å². The van der Waals surface area contributed by atoms with Gasteiger partial charge >= 0.3 is 0 Å². The van der Waals surface area contributed by atoms with Crippen LogP contribution >= 0.6 is 0 Å². The summed E-state index contributed by atoms with van der Waals surface area (Å²) in [5.74, 6) is 1.42. The summed E-state index contributed by atoms with van der Waals surface area (Å²) in [5.41, 5.74) is 0. The van der Waals surface area contributed by atoms with Crippen molar-refractivity contribution >= 4 is 0 Å². The van der Waals surface area contributed by atoms with Crippen molar-refractivity contribution in [1.82, 2.24) is 15.5 Å². The Morgan fingerprint density at radius 1 is 1.64 bits per heavy atom. The van der Waals surface area contributed by atoms with E-state index in [-0.39, 0.29) is 6.04 Å². The fraction of sp³-hybridized carbons (Fsp3) is 0.714. The van der Waals surface area contributed by atoms with E-state index in [0.29, 0.717) is 5.89 Å². The van der Waals surface area contributed by atoms with E-state index in [1.54, 1.807) is 0 Å². The van der Waals surface area contributed by atoms with Crippen LogP contribution in [0.1, 0.15) is 31.6 Å². The van der Waals surface area contributed by atoms with E-state index in [2.05, 4.69) is 15.5 Å². The van der Waals surface area contributed by atoms with E-state index in [0.717, 1.165) is 12.2 Å². The Kier molecular flexibility index (Phi) is 2.59. The maximum atomic E-state index is 4.98. The molecule has 1 aromatic rings. The fourth-order valence-electron chi connectivity index (χ4n) is 0.710. The topological polar surface area (TPSA) is 51.0 Å². The lowest BCUT2D eigenvalue weighted by atomic mass is 10.3. The maximum absolute atomic E-state index is 4.98. The molecule has 1 aromatic heterocycles. The monoisotopic (exact) mass is 155 g/mol. The summed E-state index contributed by atoms with van der Waals surface area (Å²) < 4.78 is 4.98. The fourth-order valence-corrected chi connectivity index (χ4v) is 0.710. The lowest BCUT2D eigenvalue weighted by molar-refractivity contribution is 0.343. The van der Waals surface area contributed by atoms with Gasteiger partial charge in [0.1, 0.15) is 0 Å². The second-order valence-corrected chi connectivity index (χ2v) is 2.41. The molecule has 0 bridgehead atoms. The summed E-state index contributed by atoms with van der Waals surface area (Å²) in [7, 11) is 1.86. The molecule has 0 aromatic carbocycles. The van der Waals surface area contributed by atoms with Crippen molar-refractivity contribution in [3.63, 3.8) is 0 Å². The second kappa shape index (κ2) is 3.48. The van der Waals surface area contributed by atoms with Crippen LogP contribution in [0.25, 0.3) is 0 Å². The van der Waals surface area contributed by atoms with Gasteiger partial charge in [-0.2, -0.15) is 4.98 Å². The molecule has 1 heterocycles. The van der Waals surface area contributed by atoms with Gasteiger partial charge < -0.3 is 9.84 Å². The van der Waals surface area contributed by atoms with Crippen LogP contribution < -0.4 is 5.32 Å². The van der Waals surface area contributed by atoms with Crippen LogP contribution in [-0.2, 0) is 6.42 Å². The van der Waals surface area contributed by atoms with Crippen molar-refractivity contribution in [2.45, 2.75) is 26.3 Å². The smallest absolute Gasteiger partial charge is 0.243 e. The van der Waals surface area contributed by atoms with Crippen LogP contribution in [0.3, 0.4) is 0 Å². The standard InChI is InChI=1S/C7H13N3O/c1-4-6-9-7(11-10-6)5(2)8-3/h5,8H,4H2,1-3H3/t5-/m0/s1. The molecule has 1 N–H and O–H groups in total. The van der Waals surface area contributed by atoms with Crippen LogP contribution in [0.15, 0.2) is 4.52 Å². The molecule has 4 nitrogen and oxygen atoms in total. The summed E-state index contributed by atoms with van der Waals surface area (Å²) in [6.07, 6.45) is 0.819. The molecule has 0 aliphatic carbocycles. The largest absolute Gasteiger partial charge is 0.338 e. The second-order valence-electron chi connectivity index (χ2n) is 2.41. The quantitative estimate of drug-likeness (QED) is 0.705. The average molecular weight is 155 g/mol. The Morgan fingerprint density at radius 2 is 2.36 bits per heavy atom. The molecule has 11 heavy (non-hydrogen) atoms. The molecular formula is C7H13N3O. The highest BCUT2D eigenvalue weighted by Crippen LogP contribution is 2.07. The Hall–Kier alpha value is -0.900. The van der Waals surface area contributed by atoms with Crippen molar-refractivity contribution in [2.24, 2.45) is 0 Å². The summed E-state index contributed by atoms with van der Waals surface area (Å²) in [6.45, 7) is 3.98. The molecule has 0 aliphatic rings. The van der Waals surface area contributed by atoms with Gasteiger partial charge in [0.15, 0.2) is 5.82 Å². The van der Waals surface area contributed by atoms with Gasteiger partial charge in [-0.25, -0.2) is 0 Å². The lowest BCUT2D eigenvalue weighted by Crippen LogP contribution is -2.12. The minimum atomic E-state index is 0.141. The Labute approximate surface area is 66.0 Å². The third-order valence-corrected chi connectivity index (χ3v) is 1.60. The molecule has 0 spiro atoms. The van der Waals surface area contributed by atoms with Crippen LogP contribution in [0, 0.1) is 0 Å². The third kappa shape index (κ3) is 1.77. The molecule has 1 rings (SSSR count). The van der Waals surface area contributed by atoms with E-state index in [1.165, 1.54) is 0 Å². The highest BCUT2D eigenvalue weighted by molar-refractivity contribution is 4.90. The highest BCUT2D eigenvalue weighted by Gasteiger charge is 2.10. The normalized spacial score (nSPS) is 13.4. The van der Waals surface area contributed by atoms with Crippen molar-refractivity contribution < 1.29 is 4.52 Å². The molecule has 0 saturated carbocycles. The van der Waals surface area contributed by atoms with Crippen LogP contribution in [0.5, 0.6) is 0 Å². The number of aryl methyl sites for hydroxylation is 1. The van der Waals surface area contributed by atoms with Crippen LogP contribution in [0.4, 0.5) is 0 Å². The summed E-state index contributed by atoms with van der Waals surface area (Å²) in [5, 5.41) is 6.80. The summed E-state index contributed by atoms with van der Waals surface area (Å²) in [6, 6.07) is 0.141. The first-order valence-corrected chi connectivity index (χ1v) is 3.77. The van der Waals surface area contributed by atoms with Crippen LogP contribution in [-0.4, -0.2) is 17.2 Å². The van der Waals surface area contributed by atoms with E-state index in [4.69, 9.17) is 4.52 Å². The Balaban J connectivity index is 2.71. The molecule has 0 aliphatic heterocycles. The zero-order valence-corrected chi connectivity index (χ0v) is 7.09. The maximum Gasteiger partial charge on any atom is 0.243 e. The highest BCUT2D eigenvalue weighted by atomic mass is 16.5. The predicted molar refractivity (Wildman–Crippen MR) is 41.2 cm³/mol. The van der Waals surface area contributed by atoms with Gasteiger partial charge in [0.2, 0.25) is 5.89 Å².